The van der Waals surface area contributed by atoms with Crippen LogP contribution in [0.15, 0.2) is 40.4 Å². The van der Waals surface area contributed by atoms with Crippen LogP contribution in [0.3, 0.4) is 0 Å². The highest BCUT2D eigenvalue weighted by atomic mass is 35.5. The van der Waals surface area contributed by atoms with E-state index in [1.165, 1.54) is 17.3 Å². The molecular weight excluding hydrogens is 240 g/mol. The number of aromatic nitrogens is 2. The molecule has 2 rings (SSSR count). The van der Waals surface area contributed by atoms with Crippen molar-refractivity contribution in [3.05, 3.63) is 46.7 Å². The van der Waals surface area contributed by atoms with E-state index in [9.17, 15) is 0 Å². The minimum Gasteiger partial charge on any atom is -0.246 e. The Labute approximate surface area is 104 Å². The van der Waals surface area contributed by atoms with Gasteiger partial charge in [0.15, 0.2) is 0 Å². The molecule has 2 aromatic rings. The van der Waals surface area contributed by atoms with Gasteiger partial charge in [0.2, 0.25) is 0 Å². The van der Waals surface area contributed by atoms with E-state index < -0.39 is 0 Å². The molecule has 0 aliphatic carbocycles. The molecule has 0 spiro atoms. The summed E-state index contributed by atoms with van der Waals surface area (Å²) in [5.74, 6) is 0. The van der Waals surface area contributed by atoms with Gasteiger partial charge in [0.25, 0.3) is 0 Å². The van der Waals surface area contributed by atoms with Crippen LogP contribution in [0, 0.1) is 13.8 Å². The summed E-state index contributed by atoms with van der Waals surface area (Å²) in [5.41, 5.74) is 2.22. The van der Waals surface area contributed by atoms with Gasteiger partial charge >= 0.3 is 0 Å². The summed E-state index contributed by atoms with van der Waals surface area (Å²) in [5, 5.41) is 2.33. The van der Waals surface area contributed by atoms with Crippen LogP contribution >= 0.6 is 23.4 Å². The Morgan fingerprint density at radius 2 is 1.88 bits per heavy atom. The molecule has 0 amide bonds. The molecule has 0 radical (unpaired) electrons. The van der Waals surface area contributed by atoms with Crippen LogP contribution in [-0.2, 0) is 0 Å². The third-order valence-corrected chi connectivity index (χ3v) is 3.04. The molecule has 82 valence electrons. The van der Waals surface area contributed by atoms with Gasteiger partial charge in [-0.25, -0.2) is 9.97 Å². The average molecular weight is 251 g/mol. The van der Waals surface area contributed by atoms with Crippen LogP contribution in [0.1, 0.15) is 11.3 Å². The maximum Gasteiger partial charge on any atom is 0.130 e. The topological polar surface area (TPSA) is 25.8 Å². The van der Waals surface area contributed by atoms with E-state index in [0.717, 1.165) is 15.7 Å². The molecule has 4 heteroatoms. The van der Waals surface area contributed by atoms with Crippen molar-refractivity contribution < 1.29 is 0 Å². The number of hydrogen-bond donors (Lipinski definition) is 0. The Bertz CT molecular complexity index is 494. The summed E-state index contributed by atoms with van der Waals surface area (Å²) in [6.45, 7) is 4.05. The lowest BCUT2D eigenvalue weighted by Crippen LogP contribution is -1.87. The molecule has 0 bridgehead atoms. The van der Waals surface area contributed by atoms with E-state index in [1.807, 2.05) is 25.1 Å². The van der Waals surface area contributed by atoms with Crippen LogP contribution in [0.5, 0.6) is 0 Å². The van der Waals surface area contributed by atoms with E-state index in [1.54, 1.807) is 6.07 Å². The Balaban J connectivity index is 2.27. The highest BCUT2D eigenvalue weighted by Gasteiger charge is 2.02. The van der Waals surface area contributed by atoms with Crippen LogP contribution in [0.25, 0.3) is 0 Å². The van der Waals surface area contributed by atoms with Crippen molar-refractivity contribution in [3.63, 3.8) is 0 Å². The standard InChI is InChI=1S/C12H11ClN2S/c1-8-6-9(2)14-12(7-8)16-11-5-3-4-10(13)15-11/h3-7H,1-2H3. The highest BCUT2D eigenvalue weighted by molar-refractivity contribution is 7.99. The monoisotopic (exact) mass is 250 g/mol. The smallest absolute Gasteiger partial charge is 0.130 e. The van der Waals surface area contributed by atoms with Crippen LogP contribution in [-0.4, -0.2) is 9.97 Å². The molecule has 0 saturated carbocycles. The molecule has 2 aromatic heterocycles. The maximum atomic E-state index is 5.83. The summed E-state index contributed by atoms with van der Waals surface area (Å²) >= 11 is 7.35. The fraction of sp³-hybridized carbons (Fsp3) is 0.167. The van der Waals surface area contributed by atoms with Crippen LogP contribution in [0.2, 0.25) is 5.15 Å². The predicted molar refractivity (Wildman–Crippen MR) is 67.1 cm³/mol. The van der Waals surface area contributed by atoms with Crippen molar-refractivity contribution in [2.75, 3.05) is 0 Å². The zero-order valence-corrected chi connectivity index (χ0v) is 10.6. The van der Waals surface area contributed by atoms with E-state index in [4.69, 9.17) is 11.6 Å². The van der Waals surface area contributed by atoms with Gasteiger partial charge < -0.3 is 0 Å². The Hall–Kier alpha value is -1.06. The average Bonchev–Trinajstić information content (AvgIpc) is 2.15. The lowest BCUT2D eigenvalue weighted by atomic mass is 10.3. The zero-order valence-electron chi connectivity index (χ0n) is 9.07. The fourth-order valence-corrected chi connectivity index (χ4v) is 2.56. The molecule has 0 N–H and O–H groups in total. The van der Waals surface area contributed by atoms with Gasteiger partial charge in [-0.1, -0.05) is 29.4 Å². The van der Waals surface area contributed by atoms with E-state index in [-0.39, 0.29) is 0 Å². The second-order valence-corrected chi connectivity index (χ2v) is 4.95. The normalized spacial score (nSPS) is 10.4. The van der Waals surface area contributed by atoms with E-state index >= 15 is 0 Å². The summed E-state index contributed by atoms with van der Waals surface area (Å²) < 4.78 is 0. The van der Waals surface area contributed by atoms with Gasteiger partial charge in [0.1, 0.15) is 15.2 Å². The third kappa shape index (κ3) is 2.97. The lowest BCUT2D eigenvalue weighted by Gasteiger charge is -2.03. The van der Waals surface area contributed by atoms with Gasteiger partial charge in [-0.15, -0.1) is 0 Å². The number of aryl methyl sites for hydroxylation is 2. The van der Waals surface area contributed by atoms with Gasteiger partial charge in [-0.05, 0) is 43.7 Å². The molecule has 16 heavy (non-hydrogen) atoms. The summed E-state index contributed by atoms with van der Waals surface area (Å²) in [6, 6.07) is 9.67. The summed E-state index contributed by atoms with van der Waals surface area (Å²) in [4.78, 5) is 8.66. The molecule has 0 atom stereocenters. The number of nitrogens with zero attached hydrogens (tertiary/aromatic N) is 2. The first-order chi connectivity index (χ1) is 7.63. The summed E-state index contributed by atoms with van der Waals surface area (Å²) in [6.07, 6.45) is 0. The molecule has 2 nitrogen and oxygen atoms in total. The largest absolute Gasteiger partial charge is 0.246 e. The highest BCUT2D eigenvalue weighted by Crippen LogP contribution is 2.26. The van der Waals surface area contributed by atoms with Crippen LogP contribution in [0.4, 0.5) is 0 Å². The fourth-order valence-electron chi connectivity index (χ4n) is 1.41. The first kappa shape index (κ1) is 11.4. The number of hydrogen-bond acceptors (Lipinski definition) is 3. The molecule has 0 aromatic carbocycles. The summed E-state index contributed by atoms with van der Waals surface area (Å²) in [7, 11) is 0. The van der Waals surface area contributed by atoms with Crippen molar-refractivity contribution in [1.82, 2.24) is 9.97 Å². The quantitative estimate of drug-likeness (QED) is 0.756. The number of halogens is 1. The van der Waals surface area contributed by atoms with Crippen LogP contribution < -0.4 is 0 Å². The molecular formula is C12H11ClN2S. The van der Waals surface area contributed by atoms with Crippen molar-refractivity contribution in [2.45, 2.75) is 23.9 Å². The van der Waals surface area contributed by atoms with Crippen molar-refractivity contribution in [1.29, 1.82) is 0 Å². The van der Waals surface area contributed by atoms with Crippen molar-refractivity contribution in [2.24, 2.45) is 0 Å². The Morgan fingerprint density at radius 3 is 2.56 bits per heavy atom. The molecule has 0 aliphatic heterocycles. The number of rotatable bonds is 2. The molecule has 0 aliphatic rings. The lowest BCUT2D eigenvalue weighted by molar-refractivity contribution is 1.04. The second kappa shape index (κ2) is 4.85. The second-order valence-electron chi connectivity index (χ2n) is 3.52. The predicted octanol–water partition coefficient (Wildman–Crippen LogP) is 3.90. The molecule has 0 fully saturated rings. The van der Waals surface area contributed by atoms with Gasteiger partial charge in [-0.3, -0.25) is 0 Å². The molecule has 0 unspecified atom stereocenters. The van der Waals surface area contributed by atoms with E-state index in [2.05, 4.69) is 23.0 Å². The minimum atomic E-state index is 0.509. The number of pyridine rings is 2. The van der Waals surface area contributed by atoms with Gasteiger partial charge in [-0.2, -0.15) is 0 Å². The minimum absolute atomic E-state index is 0.509. The SMILES string of the molecule is Cc1cc(C)nc(Sc2cccc(Cl)n2)c1. The molecule has 2 heterocycles. The van der Waals surface area contributed by atoms with Gasteiger partial charge in [0, 0.05) is 5.69 Å². The Morgan fingerprint density at radius 1 is 1.06 bits per heavy atom. The first-order valence-corrected chi connectivity index (χ1v) is 6.08. The third-order valence-electron chi connectivity index (χ3n) is 1.97. The Kier molecular flexibility index (Phi) is 3.46. The van der Waals surface area contributed by atoms with E-state index in [0.29, 0.717) is 5.15 Å². The van der Waals surface area contributed by atoms with Gasteiger partial charge in [0.05, 0.1) is 0 Å². The molecule has 0 saturated heterocycles. The first-order valence-electron chi connectivity index (χ1n) is 4.89. The van der Waals surface area contributed by atoms with Crippen molar-refractivity contribution in [3.8, 4) is 0 Å². The zero-order chi connectivity index (χ0) is 11.5. The maximum absolute atomic E-state index is 5.83. The van der Waals surface area contributed by atoms with Crippen molar-refractivity contribution >= 4 is 23.4 Å².